The Labute approximate surface area is 165 Å². The van der Waals surface area contributed by atoms with Crippen molar-refractivity contribution in [3.8, 4) is 0 Å². The van der Waals surface area contributed by atoms with Crippen LogP contribution in [0.5, 0.6) is 0 Å². The van der Waals surface area contributed by atoms with Gasteiger partial charge in [-0.3, -0.25) is 19.3 Å². The molecule has 2 fully saturated rings. The van der Waals surface area contributed by atoms with E-state index >= 15 is 0 Å². The fraction of sp³-hybridized carbons (Fsp3) is 0.550. The molecule has 4 rings (SSSR count). The van der Waals surface area contributed by atoms with Crippen LogP contribution >= 0.6 is 0 Å². The van der Waals surface area contributed by atoms with Crippen molar-refractivity contribution in [3.05, 3.63) is 35.4 Å². The largest absolute Gasteiger partial charge is 0.481 e. The Bertz CT molecular complexity index is 652. The van der Waals surface area contributed by atoms with Crippen molar-refractivity contribution < 1.29 is 24.6 Å². The molecule has 0 spiro atoms. The molecule has 1 amide bonds. The smallest absolute Gasteiger partial charge is 0.300 e. The van der Waals surface area contributed by atoms with Crippen LogP contribution in [-0.2, 0) is 27.5 Å². The Morgan fingerprint density at radius 3 is 2.07 bits per heavy atom. The number of fused-ring (bicyclic) bond motifs is 2. The lowest BCUT2D eigenvalue weighted by Crippen LogP contribution is -2.39. The van der Waals surface area contributed by atoms with Crippen molar-refractivity contribution in [2.24, 2.45) is 5.92 Å². The molecule has 3 heterocycles. The number of carboxylic acids is 2. The average Bonchev–Trinajstić information content (AvgIpc) is 3.27. The van der Waals surface area contributed by atoms with Gasteiger partial charge in [0.2, 0.25) is 5.91 Å². The fourth-order valence-corrected chi connectivity index (χ4v) is 3.86. The molecule has 8 heteroatoms. The Hall–Kier alpha value is -2.45. The predicted molar refractivity (Wildman–Crippen MR) is 104 cm³/mol. The van der Waals surface area contributed by atoms with Gasteiger partial charge in [0.15, 0.2) is 0 Å². The van der Waals surface area contributed by atoms with E-state index in [1.54, 1.807) is 0 Å². The molecule has 3 aliphatic rings. The predicted octanol–water partition coefficient (Wildman–Crippen LogP) is 1.00. The Balaban J connectivity index is 0.000000302. The standard InChI is InChI=1S/C16H21N3O.2C2H4O2/c20-16(19-9-14-5-6-17-15(14)10-19)11-18-7-12-3-1-2-4-13(12)8-18;2*1-2(3)4/h1-4,14-15,17H,5-11H2;2*1H3,(H,3,4)/t14-,15+;;/m0../s1. The molecule has 0 bridgehead atoms. The van der Waals surface area contributed by atoms with Gasteiger partial charge in [-0.1, -0.05) is 24.3 Å². The molecule has 3 aliphatic heterocycles. The summed E-state index contributed by atoms with van der Waals surface area (Å²) < 4.78 is 0. The quantitative estimate of drug-likeness (QED) is 0.690. The number of benzene rings is 1. The van der Waals surface area contributed by atoms with E-state index in [0.29, 0.717) is 24.4 Å². The van der Waals surface area contributed by atoms with E-state index in [2.05, 4.69) is 39.4 Å². The van der Waals surface area contributed by atoms with Gasteiger partial charge in [-0.25, -0.2) is 0 Å². The summed E-state index contributed by atoms with van der Waals surface area (Å²) in [4.78, 5) is 34.8. The molecule has 0 aliphatic carbocycles. The molecule has 2 atom stereocenters. The molecule has 1 aromatic carbocycles. The van der Waals surface area contributed by atoms with Gasteiger partial charge in [-0.05, 0) is 30.0 Å². The van der Waals surface area contributed by atoms with E-state index in [4.69, 9.17) is 19.8 Å². The van der Waals surface area contributed by atoms with Crippen LogP contribution in [0.3, 0.4) is 0 Å². The van der Waals surface area contributed by atoms with Gasteiger partial charge in [-0.2, -0.15) is 0 Å². The molecule has 3 N–H and O–H groups in total. The van der Waals surface area contributed by atoms with Crippen molar-refractivity contribution in [1.82, 2.24) is 15.1 Å². The van der Waals surface area contributed by atoms with Crippen LogP contribution in [0.25, 0.3) is 0 Å². The maximum atomic E-state index is 12.4. The molecular weight excluding hydrogens is 362 g/mol. The first-order chi connectivity index (χ1) is 13.3. The summed E-state index contributed by atoms with van der Waals surface area (Å²) in [6, 6.07) is 9.05. The number of hydrogen-bond acceptors (Lipinski definition) is 5. The summed E-state index contributed by atoms with van der Waals surface area (Å²) in [7, 11) is 0. The monoisotopic (exact) mass is 391 g/mol. The van der Waals surface area contributed by atoms with Crippen molar-refractivity contribution in [2.45, 2.75) is 39.4 Å². The first-order valence-corrected chi connectivity index (χ1v) is 9.45. The summed E-state index contributed by atoms with van der Waals surface area (Å²) in [6.45, 7) is 7.55. The van der Waals surface area contributed by atoms with Crippen molar-refractivity contribution in [2.75, 3.05) is 26.2 Å². The van der Waals surface area contributed by atoms with E-state index in [1.807, 2.05) is 0 Å². The summed E-state index contributed by atoms with van der Waals surface area (Å²) in [5.41, 5.74) is 2.75. The third-order valence-electron chi connectivity index (χ3n) is 4.98. The zero-order valence-corrected chi connectivity index (χ0v) is 16.4. The van der Waals surface area contributed by atoms with Crippen LogP contribution in [0.1, 0.15) is 31.4 Å². The zero-order chi connectivity index (χ0) is 20.7. The highest BCUT2D eigenvalue weighted by Gasteiger charge is 2.38. The first-order valence-electron chi connectivity index (χ1n) is 9.45. The van der Waals surface area contributed by atoms with Gasteiger partial charge in [0.1, 0.15) is 0 Å². The molecule has 154 valence electrons. The Morgan fingerprint density at radius 2 is 1.57 bits per heavy atom. The Kier molecular flexibility index (Phi) is 7.95. The van der Waals surface area contributed by atoms with Crippen LogP contribution in [0.4, 0.5) is 0 Å². The van der Waals surface area contributed by atoms with Crippen LogP contribution in [-0.4, -0.2) is 70.1 Å². The second-order valence-corrected chi connectivity index (χ2v) is 7.36. The average molecular weight is 391 g/mol. The number of aliphatic carboxylic acids is 2. The van der Waals surface area contributed by atoms with E-state index in [0.717, 1.165) is 46.6 Å². The molecule has 2 saturated heterocycles. The van der Waals surface area contributed by atoms with Gasteiger partial charge in [0, 0.05) is 46.1 Å². The van der Waals surface area contributed by atoms with Crippen LogP contribution in [0, 0.1) is 5.92 Å². The molecule has 0 aromatic heterocycles. The van der Waals surface area contributed by atoms with Crippen LogP contribution in [0.2, 0.25) is 0 Å². The van der Waals surface area contributed by atoms with Gasteiger partial charge in [0.05, 0.1) is 6.54 Å². The highest BCUT2D eigenvalue weighted by atomic mass is 16.4. The molecule has 0 radical (unpaired) electrons. The van der Waals surface area contributed by atoms with E-state index in [1.165, 1.54) is 17.5 Å². The Morgan fingerprint density at radius 1 is 1.04 bits per heavy atom. The van der Waals surface area contributed by atoms with Crippen LogP contribution in [0.15, 0.2) is 24.3 Å². The van der Waals surface area contributed by atoms with Gasteiger partial charge < -0.3 is 20.4 Å². The normalized spacial score (nSPS) is 22.3. The van der Waals surface area contributed by atoms with Crippen molar-refractivity contribution >= 4 is 17.8 Å². The molecule has 0 unspecified atom stereocenters. The van der Waals surface area contributed by atoms with E-state index < -0.39 is 11.9 Å². The van der Waals surface area contributed by atoms with Crippen molar-refractivity contribution in [1.29, 1.82) is 0 Å². The minimum absolute atomic E-state index is 0.300. The zero-order valence-electron chi connectivity index (χ0n) is 16.4. The van der Waals surface area contributed by atoms with Gasteiger partial charge >= 0.3 is 0 Å². The number of carboxylic acid groups (broad SMARTS) is 2. The number of rotatable bonds is 2. The molecule has 1 aromatic rings. The molecule has 8 nitrogen and oxygen atoms in total. The highest BCUT2D eigenvalue weighted by Crippen LogP contribution is 2.26. The van der Waals surface area contributed by atoms with Gasteiger partial charge in [0.25, 0.3) is 11.9 Å². The fourth-order valence-electron chi connectivity index (χ4n) is 3.86. The summed E-state index contributed by atoms with van der Waals surface area (Å²) in [5, 5.41) is 18.3. The number of carbonyl (C=O) groups is 3. The lowest BCUT2D eigenvalue weighted by atomic mass is 10.1. The summed E-state index contributed by atoms with van der Waals surface area (Å²) in [6.07, 6.45) is 1.23. The van der Waals surface area contributed by atoms with E-state index in [-0.39, 0.29) is 0 Å². The lowest BCUT2D eigenvalue weighted by Gasteiger charge is -2.21. The van der Waals surface area contributed by atoms with Crippen LogP contribution < -0.4 is 5.32 Å². The lowest BCUT2D eigenvalue weighted by molar-refractivity contribution is -0.135. The van der Waals surface area contributed by atoms with Crippen molar-refractivity contribution in [3.63, 3.8) is 0 Å². The summed E-state index contributed by atoms with van der Waals surface area (Å²) >= 11 is 0. The number of likely N-dealkylation sites (tertiary alicyclic amines) is 1. The molecule has 28 heavy (non-hydrogen) atoms. The second-order valence-electron chi connectivity index (χ2n) is 7.36. The summed E-state index contributed by atoms with van der Waals surface area (Å²) in [5.74, 6) is -0.677. The highest BCUT2D eigenvalue weighted by molar-refractivity contribution is 5.78. The minimum Gasteiger partial charge on any atom is -0.481 e. The number of hydrogen-bond donors (Lipinski definition) is 3. The number of nitrogens with zero attached hydrogens (tertiary/aromatic N) is 2. The maximum absolute atomic E-state index is 12.4. The number of carbonyl (C=O) groups excluding carboxylic acids is 1. The SMILES string of the molecule is CC(=O)O.CC(=O)O.O=C(CN1Cc2ccccc2C1)N1C[C@@H]2CCN[C@@H]2C1. The number of amides is 1. The minimum atomic E-state index is -0.833. The number of nitrogens with one attached hydrogen (secondary N) is 1. The maximum Gasteiger partial charge on any atom is 0.300 e. The molecular formula is C20H29N3O5. The van der Waals surface area contributed by atoms with Gasteiger partial charge in [-0.15, -0.1) is 0 Å². The second kappa shape index (κ2) is 10.2. The third kappa shape index (κ3) is 6.61. The van der Waals surface area contributed by atoms with E-state index in [9.17, 15) is 4.79 Å². The first kappa shape index (κ1) is 21.8. The topological polar surface area (TPSA) is 110 Å². The third-order valence-corrected chi connectivity index (χ3v) is 4.98. The molecule has 0 saturated carbocycles.